The van der Waals surface area contributed by atoms with Crippen LogP contribution in [0.4, 0.5) is 0 Å². The predicted octanol–water partition coefficient (Wildman–Crippen LogP) is 3.77. The molecule has 0 saturated carbocycles. The highest BCUT2D eigenvalue weighted by Gasteiger charge is 2.32. The van der Waals surface area contributed by atoms with Crippen molar-refractivity contribution in [2.45, 2.75) is 25.9 Å². The van der Waals surface area contributed by atoms with E-state index in [1.807, 2.05) is 59.3 Å². The van der Waals surface area contributed by atoms with Gasteiger partial charge in [-0.3, -0.25) is 4.79 Å². The number of amides is 1. The van der Waals surface area contributed by atoms with Crippen molar-refractivity contribution in [3.05, 3.63) is 64.9 Å². The highest BCUT2D eigenvalue weighted by atomic mass is 32.2. The van der Waals surface area contributed by atoms with Crippen molar-refractivity contribution in [3.63, 3.8) is 0 Å². The summed E-state index contributed by atoms with van der Waals surface area (Å²) in [5, 5.41) is 4.90. The Bertz CT molecular complexity index is 1480. The highest BCUT2D eigenvalue weighted by molar-refractivity contribution is 7.91. The molecular formula is C24H24N4O4S2. The van der Waals surface area contributed by atoms with Crippen LogP contribution in [0.5, 0.6) is 5.75 Å². The van der Waals surface area contributed by atoms with Gasteiger partial charge in [-0.05, 0) is 48.6 Å². The van der Waals surface area contributed by atoms with Gasteiger partial charge in [0.2, 0.25) is 0 Å². The third-order valence-electron chi connectivity index (χ3n) is 6.00. The number of carbonyl (C=O) groups is 1. The largest absolute Gasteiger partial charge is 0.497 e. The van der Waals surface area contributed by atoms with E-state index in [2.05, 4.69) is 15.3 Å². The Morgan fingerprint density at radius 1 is 1.24 bits per heavy atom. The third kappa shape index (κ3) is 4.30. The summed E-state index contributed by atoms with van der Waals surface area (Å²) in [7, 11) is -1.48. The van der Waals surface area contributed by atoms with Crippen LogP contribution in [0.15, 0.2) is 47.8 Å². The maximum Gasteiger partial charge on any atom is 0.272 e. The van der Waals surface area contributed by atoms with Crippen LogP contribution < -0.4 is 10.1 Å². The van der Waals surface area contributed by atoms with E-state index in [1.54, 1.807) is 7.11 Å². The molecule has 1 unspecified atom stereocenters. The number of pyridine rings is 1. The SMILES string of the molecule is COc1cccc(CNC(=O)c2nc(-c3cccs3)cc3c2nc(C)n3C2CCS(=O)(=O)C2)c1. The van der Waals surface area contributed by atoms with Crippen molar-refractivity contribution < 1.29 is 17.9 Å². The Morgan fingerprint density at radius 3 is 2.79 bits per heavy atom. The number of aryl methyl sites for hydroxylation is 1. The fourth-order valence-corrected chi connectivity index (χ4v) is 6.79. The average molecular weight is 497 g/mol. The zero-order chi connectivity index (χ0) is 23.9. The molecule has 1 aliphatic rings. The summed E-state index contributed by atoms with van der Waals surface area (Å²) in [4.78, 5) is 23.6. The second kappa shape index (κ2) is 8.84. The molecule has 1 N–H and O–H groups in total. The van der Waals surface area contributed by atoms with Gasteiger partial charge in [-0.15, -0.1) is 11.3 Å². The lowest BCUT2D eigenvalue weighted by molar-refractivity contribution is 0.0947. The molecule has 1 atom stereocenters. The van der Waals surface area contributed by atoms with Crippen LogP contribution in [0, 0.1) is 6.92 Å². The number of ether oxygens (including phenoxy) is 1. The summed E-state index contributed by atoms with van der Waals surface area (Å²) in [5.41, 5.74) is 2.99. The summed E-state index contributed by atoms with van der Waals surface area (Å²) >= 11 is 1.53. The number of hydrogen-bond acceptors (Lipinski definition) is 7. The molecule has 0 spiro atoms. The molecule has 1 saturated heterocycles. The first-order valence-corrected chi connectivity index (χ1v) is 13.6. The molecule has 3 aromatic heterocycles. The summed E-state index contributed by atoms with van der Waals surface area (Å²) < 4.78 is 31.5. The molecule has 4 aromatic rings. The molecule has 5 rings (SSSR count). The minimum absolute atomic E-state index is 0.0767. The molecule has 0 bridgehead atoms. The van der Waals surface area contributed by atoms with E-state index in [0.29, 0.717) is 35.8 Å². The van der Waals surface area contributed by atoms with E-state index in [4.69, 9.17) is 4.74 Å². The molecule has 1 fully saturated rings. The minimum Gasteiger partial charge on any atom is -0.497 e. The van der Waals surface area contributed by atoms with E-state index in [1.165, 1.54) is 11.3 Å². The fourth-order valence-electron chi connectivity index (χ4n) is 4.41. The van der Waals surface area contributed by atoms with Crippen molar-refractivity contribution in [2.75, 3.05) is 18.6 Å². The van der Waals surface area contributed by atoms with Crippen molar-refractivity contribution in [3.8, 4) is 16.3 Å². The number of benzene rings is 1. The standard InChI is InChI=1S/C24H24N4O4S2/c1-15-26-22-20(28(15)17-8-10-34(30,31)14-17)12-19(21-7-4-9-33-21)27-23(22)24(29)25-13-16-5-3-6-18(11-16)32-2/h3-7,9,11-12,17H,8,10,13-14H2,1-2H3,(H,25,29). The molecule has 0 aliphatic carbocycles. The molecule has 1 amide bonds. The Morgan fingerprint density at radius 2 is 2.09 bits per heavy atom. The van der Waals surface area contributed by atoms with Crippen molar-refractivity contribution in [2.24, 2.45) is 0 Å². The van der Waals surface area contributed by atoms with E-state index in [-0.39, 0.29) is 29.1 Å². The van der Waals surface area contributed by atoms with Crippen molar-refractivity contribution >= 4 is 38.1 Å². The van der Waals surface area contributed by atoms with Crippen LogP contribution >= 0.6 is 11.3 Å². The highest BCUT2D eigenvalue weighted by Crippen LogP contribution is 2.33. The number of rotatable bonds is 6. The lowest BCUT2D eigenvalue weighted by atomic mass is 10.2. The molecule has 10 heteroatoms. The zero-order valence-electron chi connectivity index (χ0n) is 18.8. The molecule has 0 radical (unpaired) electrons. The van der Waals surface area contributed by atoms with Gasteiger partial charge >= 0.3 is 0 Å². The topological polar surface area (TPSA) is 103 Å². The van der Waals surface area contributed by atoms with Crippen LogP contribution in [-0.4, -0.2) is 47.5 Å². The third-order valence-corrected chi connectivity index (χ3v) is 8.65. The van der Waals surface area contributed by atoms with E-state index >= 15 is 0 Å². The van der Waals surface area contributed by atoms with Crippen LogP contribution in [0.3, 0.4) is 0 Å². The summed E-state index contributed by atoms with van der Waals surface area (Å²) in [6.07, 6.45) is 0.530. The maximum atomic E-state index is 13.3. The summed E-state index contributed by atoms with van der Waals surface area (Å²) in [6.45, 7) is 2.15. The number of sulfone groups is 1. The Balaban J connectivity index is 1.56. The quantitative estimate of drug-likeness (QED) is 0.436. The van der Waals surface area contributed by atoms with Crippen LogP contribution in [0.1, 0.15) is 34.3 Å². The average Bonchev–Trinajstić information content (AvgIpc) is 3.55. The van der Waals surface area contributed by atoms with Gasteiger partial charge < -0.3 is 14.6 Å². The maximum absolute atomic E-state index is 13.3. The molecular weight excluding hydrogens is 472 g/mol. The van der Waals surface area contributed by atoms with Gasteiger partial charge in [0.05, 0.1) is 40.7 Å². The lowest BCUT2D eigenvalue weighted by Crippen LogP contribution is -2.24. The lowest BCUT2D eigenvalue weighted by Gasteiger charge is -2.14. The van der Waals surface area contributed by atoms with Crippen LogP contribution in [0.25, 0.3) is 21.6 Å². The van der Waals surface area contributed by atoms with Gasteiger partial charge in [-0.1, -0.05) is 18.2 Å². The number of imidazole rings is 1. The van der Waals surface area contributed by atoms with Crippen LogP contribution in [-0.2, 0) is 16.4 Å². The molecule has 8 nitrogen and oxygen atoms in total. The number of methoxy groups -OCH3 is 1. The number of aromatic nitrogens is 3. The number of thiophene rings is 1. The first kappa shape index (κ1) is 22.5. The van der Waals surface area contributed by atoms with E-state index in [9.17, 15) is 13.2 Å². The normalized spacial score (nSPS) is 17.2. The molecule has 1 aliphatic heterocycles. The van der Waals surface area contributed by atoms with Gasteiger partial charge in [0, 0.05) is 6.54 Å². The smallest absolute Gasteiger partial charge is 0.272 e. The van der Waals surface area contributed by atoms with E-state index in [0.717, 1.165) is 16.0 Å². The Hall–Kier alpha value is -3.24. The number of nitrogens with zero attached hydrogens (tertiary/aromatic N) is 3. The van der Waals surface area contributed by atoms with Crippen molar-refractivity contribution in [1.82, 2.24) is 19.9 Å². The molecule has 4 heterocycles. The second-order valence-corrected chi connectivity index (χ2v) is 11.5. The first-order chi connectivity index (χ1) is 16.3. The fraction of sp³-hybridized carbons (Fsp3) is 0.292. The van der Waals surface area contributed by atoms with Gasteiger partial charge in [0.1, 0.15) is 17.1 Å². The number of carbonyl (C=O) groups excluding carboxylic acids is 1. The summed E-state index contributed by atoms with van der Waals surface area (Å²) in [5.74, 6) is 1.28. The predicted molar refractivity (Wildman–Crippen MR) is 132 cm³/mol. The van der Waals surface area contributed by atoms with Gasteiger partial charge in [0.15, 0.2) is 15.5 Å². The first-order valence-electron chi connectivity index (χ1n) is 10.9. The molecule has 34 heavy (non-hydrogen) atoms. The number of nitrogens with one attached hydrogen (secondary N) is 1. The van der Waals surface area contributed by atoms with Crippen molar-refractivity contribution in [1.29, 1.82) is 0 Å². The summed E-state index contributed by atoms with van der Waals surface area (Å²) in [6, 6.07) is 13.1. The minimum atomic E-state index is -3.08. The Kier molecular flexibility index (Phi) is 5.86. The zero-order valence-corrected chi connectivity index (χ0v) is 20.4. The van der Waals surface area contributed by atoms with Crippen LogP contribution in [0.2, 0.25) is 0 Å². The molecule has 1 aromatic carbocycles. The van der Waals surface area contributed by atoms with Gasteiger partial charge in [-0.25, -0.2) is 18.4 Å². The monoisotopic (exact) mass is 496 g/mol. The van der Waals surface area contributed by atoms with E-state index < -0.39 is 9.84 Å². The number of hydrogen-bond donors (Lipinski definition) is 1. The molecule has 176 valence electrons. The second-order valence-electron chi connectivity index (χ2n) is 8.32. The van der Waals surface area contributed by atoms with Gasteiger partial charge in [0.25, 0.3) is 5.91 Å². The van der Waals surface area contributed by atoms with Gasteiger partial charge in [-0.2, -0.15) is 0 Å². The number of fused-ring (bicyclic) bond motifs is 1. The Labute approximate surface area is 201 Å².